The highest BCUT2D eigenvalue weighted by molar-refractivity contribution is 7.99. The first-order valence-corrected chi connectivity index (χ1v) is 11.9. The molecule has 0 amide bonds. The van der Waals surface area contributed by atoms with Crippen LogP contribution in [0, 0.1) is 0 Å². The van der Waals surface area contributed by atoms with Crippen molar-refractivity contribution in [2.24, 2.45) is 5.14 Å². The van der Waals surface area contributed by atoms with Gasteiger partial charge >= 0.3 is 0 Å². The van der Waals surface area contributed by atoms with Gasteiger partial charge in [0.2, 0.25) is 10.0 Å². The molecule has 0 radical (unpaired) electrons. The second-order valence-corrected chi connectivity index (χ2v) is 9.08. The van der Waals surface area contributed by atoms with Gasteiger partial charge in [0.05, 0.1) is 22.5 Å². The summed E-state index contributed by atoms with van der Waals surface area (Å²) in [6, 6.07) is 14.7. The number of thioether (sulfide) groups is 1. The molecule has 0 unspecified atom stereocenters. The zero-order valence-electron chi connectivity index (χ0n) is 15.9. The molecular weight excluding hydrogens is 394 g/mol. The fourth-order valence-electron chi connectivity index (χ4n) is 2.84. The molecule has 0 aliphatic carbocycles. The maximum absolute atomic E-state index is 11.6. The number of fused-ring (bicyclic) bond motifs is 1. The van der Waals surface area contributed by atoms with Gasteiger partial charge in [-0.3, -0.25) is 0 Å². The van der Waals surface area contributed by atoms with Crippen molar-refractivity contribution in [2.75, 3.05) is 12.4 Å². The van der Waals surface area contributed by atoms with Gasteiger partial charge in [-0.2, -0.15) is 0 Å². The number of sulfonamides is 1. The molecule has 3 rings (SSSR count). The Bertz CT molecular complexity index is 1020. The van der Waals surface area contributed by atoms with Gasteiger partial charge in [0.25, 0.3) is 0 Å². The molecule has 0 aliphatic heterocycles. The molecule has 3 aromatic rings. The lowest BCUT2D eigenvalue weighted by molar-refractivity contribution is 0.318. The van der Waals surface area contributed by atoms with Gasteiger partial charge in [-0.25, -0.2) is 18.5 Å². The average Bonchev–Trinajstić information content (AvgIpc) is 3.03. The van der Waals surface area contributed by atoms with Gasteiger partial charge in [-0.15, -0.1) is 0 Å². The van der Waals surface area contributed by atoms with E-state index in [1.807, 2.05) is 30.3 Å². The first-order chi connectivity index (χ1) is 13.5. The first kappa shape index (κ1) is 20.7. The summed E-state index contributed by atoms with van der Waals surface area (Å²) in [4.78, 5) is 4.75. The highest BCUT2D eigenvalue weighted by Crippen LogP contribution is 2.27. The largest absolute Gasteiger partial charge is 0.494 e. The third kappa shape index (κ3) is 5.27. The number of aromatic nitrogens is 2. The van der Waals surface area contributed by atoms with Crippen molar-refractivity contribution in [3.63, 3.8) is 0 Å². The van der Waals surface area contributed by atoms with Crippen molar-refractivity contribution in [3.05, 3.63) is 48.5 Å². The van der Waals surface area contributed by atoms with Crippen LogP contribution >= 0.6 is 11.8 Å². The number of imidazole rings is 1. The number of benzene rings is 2. The van der Waals surface area contributed by atoms with Crippen molar-refractivity contribution in [3.8, 4) is 5.75 Å². The Hall–Kier alpha value is -2.03. The van der Waals surface area contributed by atoms with Gasteiger partial charge < -0.3 is 9.30 Å². The van der Waals surface area contributed by atoms with Crippen LogP contribution in [0.1, 0.15) is 26.2 Å². The van der Waals surface area contributed by atoms with Crippen LogP contribution < -0.4 is 9.88 Å². The lowest BCUT2D eigenvalue weighted by Crippen LogP contribution is -2.11. The van der Waals surface area contributed by atoms with Crippen molar-refractivity contribution < 1.29 is 13.2 Å². The quantitative estimate of drug-likeness (QED) is 0.396. The number of nitrogens with zero attached hydrogens (tertiary/aromatic N) is 2. The zero-order valence-corrected chi connectivity index (χ0v) is 17.5. The fraction of sp³-hybridized carbons (Fsp3) is 0.350. The molecule has 28 heavy (non-hydrogen) atoms. The molecule has 1 aromatic heterocycles. The van der Waals surface area contributed by atoms with E-state index in [0.717, 1.165) is 48.0 Å². The lowest BCUT2D eigenvalue weighted by atomic mass is 10.3. The van der Waals surface area contributed by atoms with Crippen LogP contribution in [-0.2, 0) is 16.6 Å². The molecule has 8 heteroatoms. The summed E-state index contributed by atoms with van der Waals surface area (Å²) in [5.41, 5.74) is 1.59. The molecule has 0 fully saturated rings. The van der Waals surface area contributed by atoms with E-state index in [2.05, 4.69) is 16.5 Å². The topological polar surface area (TPSA) is 87.2 Å². The molecule has 6 nitrogen and oxygen atoms in total. The number of aryl methyl sites for hydroxylation is 1. The van der Waals surface area contributed by atoms with Crippen molar-refractivity contribution in [1.82, 2.24) is 9.55 Å². The molecular formula is C20H25N3O3S2. The summed E-state index contributed by atoms with van der Waals surface area (Å²) >= 11 is 1.66. The molecule has 0 saturated carbocycles. The van der Waals surface area contributed by atoms with Crippen molar-refractivity contribution >= 4 is 32.8 Å². The molecule has 2 aromatic carbocycles. The van der Waals surface area contributed by atoms with E-state index in [0.29, 0.717) is 12.1 Å². The first-order valence-electron chi connectivity index (χ1n) is 9.33. The Morgan fingerprint density at radius 2 is 1.93 bits per heavy atom. The van der Waals surface area contributed by atoms with Gasteiger partial charge in [-0.1, -0.05) is 43.3 Å². The van der Waals surface area contributed by atoms with E-state index in [-0.39, 0.29) is 4.90 Å². The smallest absolute Gasteiger partial charge is 0.238 e. The molecule has 0 atom stereocenters. The predicted molar refractivity (Wildman–Crippen MR) is 113 cm³/mol. The highest BCUT2D eigenvalue weighted by Gasteiger charge is 2.15. The van der Waals surface area contributed by atoms with E-state index < -0.39 is 10.0 Å². The molecule has 2 N–H and O–H groups in total. The summed E-state index contributed by atoms with van der Waals surface area (Å²) in [5, 5.41) is 6.15. The second kappa shape index (κ2) is 9.45. The Balaban J connectivity index is 1.69. The summed E-state index contributed by atoms with van der Waals surface area (Å²) in [5.74, 6) is 1.74. The van der Waals surface area contributed by atoms with Gasteiger partial charge in [0.15, 0.2) is 5.16 Å². The van der Waals surface area contributed by atoms with E-state index >= 15 is 0 Å². The summed E-state index contributed by atoms with van der Waals surface area (Å²) in [6.07, 6.45) is 3.00. The molecule has 0 saturated heterocycles. The summed E-state index contributed by atoms with van der Waals surface area (Å²) in [7, 11) is -3.74. The summed E-state index contributed by atoms with van der Waals surface area (Å²) in [6.45, 7) is 3.64. The van der Waals surface area contributed by atoms with Crippen molar-refractivity contribution in [2.45, 2.75) is 42.8 Å². The second-order valence-electron chi connectivity index (χ2n) is 6.46. The van der Waals surface area contributed by atoms with Crippen LogP contribution in [0.2, 0.25) is 0 Å². The molecule has 0 aliphatic rings. The lowest BCUT2D eigenvalue weighted by Gasteiger charge is -2.09. The normalized spacial score (nSPS) is 11.8. The SMILES string of the molecule is CCCCn1c(SCCCOc2ccccc2)nc2cc(S(N)(=O)=O)ccc21. The highest BCUT2D eigenvalue weighted by atomic mass is 32.2. The minimum absolute atomic E-state index is 0.0907. The number of unbranched alkanes of at least 4 members (excludes halogenated alkanes) is 1. The number of hydrogen-bond donors (Lipinski definition) is 1. The number of nitrogens with two attached hydrogens (primary N) is 1. The Morgan fingerprint density at radius 3 is 2.64 bits per heavy atom. The van der Waals surface area contributed by atoms with Gasteiger partial charge in [0.1, 0.15) is 5.75 Å². The number of para-hydroxylation sites is 1. The van der Waals surface area contributed by atoms with Crippen LogP contribution in [0.15, 0.2) is 58.6 Å². The monoisotopic (exact) mass is 419 g/mol. The Morgan fingerprint density at radius 1 is 1.14 bits per heavy atom. The molecule has 1 heterocycles. The Kier molecular flexibility index (Phi) is 6.98. The third-order valence-electron chi connectivity index (χ3n) is 4.28. The predicted octanol–water partition coefficient (Wildman–Crippen LogP) is 4.05. The fourth-order valence-corrected chi connectivity index (χ4v) is 4.32. The number of ether oxygens (including phenoxy) is 1. The average molecular weight is 420 g/mol. The maximum atomic E-state index is 11.6. The van der Waals surface area contributed by atoms with Crippen molar-refractivity contribution in [1.29, 1.82) is 0 Å². The summed E-state index contributed by atoms with van der Waals surface area (Å²) < 4.78 is 31.1. The molecule has 0 bridgehead atoms. The number of rotatable bonds is 10. The molecule has 0 spiro atoms. The maximum Gasteiger partial charge on any atom is 0.238 e. The van der Waals surface area contributed by atoms with E-state index in [9.17, 15) is 8.42 Å². The van der Waals surface area contributed by atoms with E-state index in [1.54, 1.807) is 30.0 Å². The number of primary sulfonamides is 1. The zero-order chi connectivity index (χ0) is 20.0. The van der Waals surface area contributed by atoms with Crippen LogP contribution in [0.4, 0.5) is 0 Å². The van der Waals surface area contributed by atoms with Crippen LogP contribution in [0.5, 0.6) is 5.75 Å². The van der Waals surface area contributed by atoms with E-state index in [1.165, 1.54) is 0 Å². The molecule has 150 valence electrons. The van der Waals surface area contributed by atoms with Gasteiger partial charge in [-0.05, 0) is 43.2 Å². The van der Waals surface area contributed by atoms with Gasteiger partial charge in [0, 0.05) is 12.3 Å². The van der Waals surface area contributed by atoms with Crippen LogP contribution in [-0.4, -0.2) is 30.3 Å². The van der Waals surface area contributed by atoms with Crippen LogP contribution in [0.25, 0.3) is 11.0 Å². The minimum atomic E-state index is -3.74. The Labute approximate surface area is 170 Å². The van der Waals surface area contributed by atoms with Crippen LogP contribution in [0.3, 0.4) is 0 Å². The number of hydrogen-bond acceptors (Lipinski definition) is 5. The standard InChI is InChI=1S/C20H25N3O3S2/c1-2-3-12-23-19-11-10-17(28(21,24)25)15-18(19)22-20(23)27-14-7-13-26-16-8-5-4-6-9-16/h4-6,8-11,15H,2-3,7,12-14H2,1H3,(H2,21,24,25). The third-order valence-corrected chi connectivity index (χ3v) is 6.25. The minimum Gasteiger partial charge on any atom is -0.494 e. The van der Waals surface area contributed by atoms with E-state index in [4.69, 9.17) is 9.88 Å².